The van der Waals surface area contributed by atoms with Crippen molar-refractivity contribution in [2.45, 2.75) is 27.2 Å². The first-order chi connectivity index (χ1) is 7.52. The minimum atomic E-state index is -0.523. The van der Waals surface area contributed by atoms with Gasteiger partial charge < -0.3 is 0 Å². The lowest BCUT2D eigenvalue weighted by atomic mass is 9.91. The first-order valence-corrected chi connectivity index (χ1v) is 5.64. The van der Waals surface area contributed by atoms with Gasteiger partial charge in [-0.2, -0.15) is 0 Å². The van der Waals surface area contributed by atoms with Crippen molar-refractivity contribution in [1.29, 1.82) is 0 Å². The predicted octanol–water partition coefficient (Wildman–Crippen LogP) is 3.12. The number of carbonyl (C=O) groups is 2. The maximum absolute atomic E-state index is 11.9. The van der Waals surface area contributed by atoms with Gasteiger partial charge >= 0.3 is 0 Å². The van der Waals surface area contributed by atoms with Gasteiger partial charge in [0.2, 0.25) is 0 Å². The van der Waals surface area contributed by atoms with Crippen LogP contribution in [0.2, 0.25) is 0 Å². The molecule has 0 amide bonds. The van der Waals surface area contributed by atoms with Crippen LogP contribution in [0, 0.1) is 11.8 Å². The molecule has 0 N–H and O–H groups in total. The molecule has 0 saturated carbocycles. The molecule has 0 saturated heterocycles. The van der Waals surface area contributed by atoms with Gasteiger partial charge in [-0.05, 0) is 12.8 Å². The smallest absolute Gasteiger partial charge is 0.173 e. The molecule has 0 aliphatic carbocycles. The summed E-state index contributed by atoms with van der Waals surface area (Å²) in [6.45, 7) is 5.66. The largest absolute Gasteiger partial charge is 0.299 e. The topological polar surface area (TPSA) is 34.1 Å². The van der Waals surface area contributed by atoms with Crippen molar-refractivity contribution in [3.63, 3.8) is 0 Å². The molecule has 2 heteroatoms. The van der Waals surface area contributed by atoms with Crippen LogP contribution < -0.4 is 0 Å². The zero-order chi connectivity index (χ0) is 12.1. The van der Waals surface area contributed by atoms with Gasteiger partial charge in [-0.1, -0.05) is 44.2 Å². The Balaban J connectivity index is 2.72. The molecule has 1 atom stereocenters. The lowest BCUT2D eigenvalue weighted by Gasteiger charge is -2.11. The number of benzene rings is 1. The second kappa shape index (κ2) is 5.59. The Kier molecular flexibility index (Phi) is 4.41. The van der Waals surface area contributed by atoms with Crippen LogP contribution in [0.1, 0.15) is 37.6 Å². The van der Waals surface area contributed by atoms with Crippen LogP contribution in [-0.4, -0.2) is 11.6 Å². The lowest BCUT2D eigenvalue weighted by Crippen LogP contribution is -2.22. The average Bonchev–Trinajstić information content (AvgIpc) is 2.27. The van der Waals surface area contributed by atoms with E-state index in [4.69, 9.17) is 0 Å². The molecule has 1 rings (SSSR count). The highest BCUT2D eigenvalue weighted by Crippen LogP contribution is 2.13. The van der Waals surface area contributed by atoms with E-state index < -0.39 is 5.92 Å². The Morgan fingerprint density at radius 2 is 1.62 bits per heavy atom. The van der Waals surface area contributed by atoms with E-state index in [1.165, 1.54) is 0 Å². The number of ketones is 2. The van der Waals surface area contributed by atoms with Gasteiger partial charge in [0.05, 0.1) is 5.92 Å². The molecule has 1 aromatic carbocycles. The zero-order valence-corrected chi connectivity index (χ0v) is 10.1. The summed E-state index contributed by atoms with van der Waals surface area (Å²) in [5, 5.41) is 0. The number of rotatable bonds is 5. The molecule has 0 radical (unpaired) electrons. The molecule has 0 heterocycles. The first-order valence-electron chi connectivity index (χ1n) is 5.64. The Labute approximate surface area is 96.7 Å². The van der Waals surface area contributed by atoms with Crippen molar-refractivity contribution in [2.24, 2.45) is 11.8 Å². The van der Waals surface area contributed by atoms with Crippen LogP contribution in [0.25, 0.3) is 0 Å². The van der Waals surface area contributed by atoms with Crippen molar-refractivity contribution in [2.75, 3.05) is 0 Å². The molecule has 1 aromatic rings. The molecular formula is C14H18O2. The van der Waals surface area contributed by atoms with Gasteiger partial charge in [0, 0.05) is 12.0 Å². The monoisotopic (exact) mass is 218 g/mol. The van der Waals surface area contributed by atoms with Crippen LogP contribution >= 0.6 is 0 Å². The summed E-state index contributed by atoms with van der Waals surface area (Å²) in [7, 11) is 0. The van der Waals surface area contributed by atoms with Gasteiger partial charge in [-0.15, -0.1) is 0 Å². The highest BCUT2D eigenvalue weighted by atomic mass is 16.1. The Bertz CT molecular complexity index is 366. The van der Waals surface area contributed by atoms with Gasteiger partial charge in [0.1, 0.15) is 5.78 Å². The summed E-state index contributed by atoms with van der Waals surface area (Å²) < 4.78 is 0. The van der Waals surface area contributed by atoms with E-state index >= 15 is 0 Å². The van der Waals surface area contributed by atoms with E-state index in [2.05, 4.69) is 0 Å². The Morgan fingerprint density at radius 1 is 1.06 bits per heavy atom. The number of hydrogen-bond acceptors (Lipinski definition) is 2. The fraction of sp³-hybridized carbons (Fsp3) is 0.429. The van der Waals surface area contributed by atoms with Gasteiger partial charge in [-0.3, -0.25) is 9.59 Å². The van der Waals surface area contributed by atoms with E-state index in [9.17, 15) is 9.59 Å². The molecule has 0 aliphatic heterocycles. The summed E-state index contributed by atoms with van der Waals surface area (Å²) in [5.41, 5.74) is 0.618. The van der Waals surface area contributed by atoms with E-state index in [-0.39, 0.29) is 11.6 Å². The normalized spacial score (nSPS) is 12.5. The molecule has 16 heavy (non-hydrogen) atoms. The van der Waals surface area contributed by atoms with Crippen molar-refractivity contribution >= 4 is 11.6 Å². The van der Waals surface area contributed by atoms with E-state index in [1.807, 2.05) is 32.0 Å². The fourth-order valence-electron chi connectivity index (χ4n) is 1.58. The van der Waals surface area contributed by atoms with Gasteiger partial charge in [-0.25, -0.2) is 0 Å². The van der Waals surface area contributed by atoms with Crippen LogP contribution in [-0.2, 0) is 4.79 Å². The minimum Gasteiger partial charge on any atom is -0.299 e. The molecular weight excluding hydrogens is 200 g/mol. The molecule has 86 valence electrons. The minimum absolute atomic E-state index is 0.0313. The van der Waals surface area contributed by atoms with Crippen molar-refractivity contribution < 1.29 is 9.59 Å². The summed E-state index contributed by atoms with van der Waals surface area (Å²) in [5.74, 6) is -0.265. The maximum Gasteiger partial charge on any atom is 0.173 e. The molecule has 0 unspecified atom stereocenters. The van der Waals surface area contributed by atoms with Crippen molar-refractivity contribution in [1.82, 2.24) is 0 Å². The first kappa shape index (κ1) is 12.6. The average molecular weight is 218 g/mol. The van der Waals surface area contributed by atoms with E-state index in [1.54, 1.807) is 19.1 Å². The molecule has 0 aromatic heterocycles. The standard InChI is InChI=1S/C14H18O2/c1-10(2)9-13(15)11(3)14(16)12-7-5-4-6-8-12/h4-8,10-11H,9H2,1-3H3/t11-/m1/s1. The van der Waals surface area contributed by atoms with Crippen molar-refractivity contribution in [3.05, 3.63) is 35.9 Å². The predicted molar refractivity (Wildman–Crippen MR) is 64.4 cm³/mol. The quantitative estimate of drug-likeness (QED) is 0.562. The summed E-state index contributed by atoms with van der Waals surface area (Å²) in [6, 6.07) is 8.99. The fourth-order valence-corrected chi connectivity index (χ4v) is 1.58. The number of hydrogen-bond donors (Lipinski definition) is 0. The van der Waals surface area contributed by atoms with Gasteiger partial charge in [0.25, 0.3) is 0 Å². The highest BCUT2D eigenvalue weighted by molar-refractivity contribution is 6.10. The molecule has 0 fully saturated rings. The molecule has 2 nitrogen and oxygen atoms in total. The Hall–Kier alpha value is -1.44. The molecule has 0 aliphatic rings. The van der Waals surface area contributed by atoms with Crippen LogP contribution in [0.15, 0.2) is 30.3 Å². The second-order valence-electron chi connectivity index (χ2n) is 4.52. The third-order valence-corrected chi connectivity index (χ3v) is 2.54. The van der Waals surface area contributed by atoms with E-state index in [0.717, 1.165) is 0 Å². The SMILES string of the molecule is CC(C)CC(=O)[C@@H](C)C(=O)c1ccccc1. The Morgan fingerprint density at radius 3 is 2.12 bits per heavy atom. The van der Waals surface area contributed by atoms with Gasteiger partial charge in [0.15, 0.2) is 5.78 Å². The second-order valence-corrected chi connectivity index (χ2v) is 4.52. The van der Waals surface area contributed by atoms with E-state index in [0.29, 0.717) is 17.9 Å². The van der Waals surface area contributed by atoms with Crippen molar-refractivity contribution in [3.8, 4) is 0 Å². The van der Waals surface area contributed by atoms with Crippen LogP contribution in [0.5, 0.6) is 0 Å². The maximum atomic E-state index is 11.9. The number of Topliss-reactive ketones (excluding diaryl/α,β-unsaturated/α-hetero) is 2. The molecule has 0 bridgehead atoms. The van der Waals surface area contributed by atoms with Crippen LogP contribution in [0.4, 0.5) is 0 Å². The summed E-state index contributed by atoms with van der Waals surface area (Å²) >= 11 is 0. The highest BCUT2D eigenvalue weighted by Gasteiger charge is 2.22. The summed E-state index contributed by atoms with van der Waals surface area (Å²) in [4.78, 5) is 23.7. The third-order valence-electron chi connectivity index (χ3n) is 2.54. The summed E-state index contributed by atoms with van der Waals surface area (Å²) in [6.07, 6.45) is 0.472. The van der Waals surface area contributed by atoms with Crippen LogP contribution in [0.3, 0.4) is 0 Å². The molecule has 0 spiro atoms. The number of carbonyl (C=O) groups excluding carboxylic acids is 2. The lowest BCUT2D eigenvalue weighted by molar-refractivity contribution is -0.121. The third kappa shape index (κ3) is 3.30. The zero-order valence-electron chi connectivity index (χ0n) is 10.1.